The first-order valence-electron chi connectivity index (χ1n) is 9.24. The first-order valence-corrected chi connectivity index (χ1v) is 9.24. The van der Waals surface area contributed by atoms with Crippen LogP contribution in [0.25, 0.3) is 0 Å². The Bertz CT molecular complexity index is 646. The second kappa shape index (κ2) is 11.5. The van der Waals surface area contributed by atoms with Crippen molar-refractivity contribution in [3.8, 4) is 0 Å². The SMILES string of the molecule is CCOC(=O)C1=C(C)NC(C(OCC)OCC)=C(C(=O)OCC)C1C(=O)OC. The summed E-state index contributed by atoms with van der Waals surface area (Å²) in [7, 11) is 1.17. The molecule has 0 amide bonds. The lowest BCUT2D eigenvalue weighted by Gasteiger charge is -2.32. The Morgan fingerprint density at radius 2 is 1.39 bits per heavy atom. The van der Waals surface area contributed by atoms with Gasteiger partial charge in [0, 0.05) is 18.9 Å². The summed E-state index contributed by atoms with van der Waals surface area (Å²) >= 11 is 0. The predicted molar refractivity (Wildman–Crippen MR) is 98.7 cm³/mol. The highest BCUT2D eigenvalue weighted by Gasteiger charge is 2.44. The Hall–Kier alpha value is -2.39. The third-order valence-electron chi connectivity index (χ3n) is 3.89. The maximum absolute atomic E-state index is 12.8. The molecular formula is C19H29NO8. The average Bonchev–Trinajstić information content (AvgIpc) is 2.66. The van der Waals surface area contributed by atoms with E-state index in [1.165, 1.54) is 7.11 Å². The third-order valence-corrected chi connectivity index (χ3v) is 3.89. The Labute approximate surface area is 165 Å². The summed E-state index contributed by atoms with van der Waals surface area (Å²) in [6.07, 6.45) is -0.958. The fourth-order valence-corrected chi connectivity index (χ4v) is 2.83. The van der Waals surface area contributed by atoms with E-state index in [-0.39, 0.29) is 30.1 Å². The van der Waals surface area contributed by atoms with Crippen LogP contribution in [-0.2, 0) is 38.1 Å². The number of carbonyl (C=O) groups is 3. The molecule has 0 aromatic rings. The number of carbonyl (C=O) groups excluding carboxylic acids is 3. The maximum atomic E-state index is 12.8. The van der Waals surface area contributed by atoms with Gasteiger partial charge in [0.1, 0.15) is 5.92 Å². The quantitative estimate of drug-likeness (QED) is 0.331. The molecule has 1 heterocycles. The van der Waals surface area contributed by atoms with Crippen molar-refractivity contribution in [3.63, 3.8) is 0 Å². The predicted octanol–water partition coefficient (Wildman–Crippen LogP) is 1.43. The average molecular weight is 399 g/mol. The van der Waals surface area contributed by atoms with Gasteiger partial charge in [0.05, 0.1) is 37.2 Å². The van der Waals surface area contributed by atoms with Crippen LogP contribution in [0.4, 0.5) is 0 Å². The van der Waals surface area contributed by atoms with Crippen molar-refractivity contribution in [2.45, 2.75) is 40.9 Å². The minimum absolute atomic E-state index is 0.0211. The molecule has 1 atom stereocenters. The van der Waals surface area contributed by atoms with Gasteiger partial charge >= 0.3 is 17.9 Å². The molecule has 9 heteroatoms. The van der Waals surface area contributed by atoms with Gasteiger partial charge in [-0.05, 0) is 34.6 Å². The number of rotatable bonds is 10. The molecule has 0 aromatic carbocycles. The fraction of sp³-hybridized carbons (Fsp3) is 0.632. The standard InChI is InChI=1S/C19H29NO8/c1-7-25-17(22)12-11(5)20-15(19(27-9-3)28-10-4)14(18(23)26-8-2)13(12)16(21)24-6/h13,19-20H,7-10H2,1-6H3. The van der Waals surface area contributed by atoms with Crippen molar-refractivity contribution in [2.24, 2.45) is 5.92 Å². The Kier molecular flexibility index (Phi) is 9.67. The number of hydrogen-bond donors (Lipinski definition) is 1. The summed E-state index contributed by atoms with van der Waals surface area (Å²) in [4.78, 5) is 37.9. The molecule has 0 aliphatic carbocycles. The number of ether oxygens (including phenoxy) is 5. The number of esters is 3. The van der Waals surface area contributed by atoms with Crippen molar-refractivity contribution in [2.75, 3.05) is 33.5 Å². The number of hydrogen-bond acceptors (Lipinski definition) is 9. The lowest BCUT2D eigenvalue weighted by molar-refractivity contribution is -0.151. The van der Waals surface area contributed by atoms with E-state index >= 15 is 0 Å². The normalized spacial score (nSPS) is 16.8. The molecule has 1 aliphatic heterocycles. The topological polar surface area (TPSA) is 109 Å². The zero-order valence-corrected chi connectivity index (χ0v) is 17.2. The molecule has 0 fully saturated rings. The van der Waals surface area contributed by atoms with Crippen LogP contribution < -0.4 is 5.32 Å². The fourth-order valence-electron chi connectivity index (χ4n) is 2.83. The molecule has 28 heavy (non-hydrogen) atoms. The van der Waals surface area contributed by atoms with Crippen molar-refractivity contribution >= 4 is 17.9 Å². The molecule has 1 rings (SSSR count). The molecule has 1 unspecified atom stereocenters. The minimum atomic E-state index is -1.33. The van der Waals surface area contributed by atoms with E-state index in [2.05, 4.69) is 5.32 Å². The Morgan fingerprint density at radius 1 is 0.893 bits per heavy atom. The third kappa shape index (κ3) is 5.32. The van der Waals surface area contributed by atoms with Gasteiger partial charge in [0.2, 0.25) is 0 Å². The first-order chi connectivity index (χ1) is 13.4. The molecule has 0 aromatic heterocycles. The van der Waals surface area contributed by atoms with E-state index in [9.17, 15) is 14.4 Å². The summed E-state index contributed by atoms with van der Waals surface area (Å²) in [5, 5.41) is 2.97. The summed E-state index contributed by atoms with van der Waals surface area (Å²) in [6.45, 7) is 9.18. The molecule has 1 N–H and O–H groups in total. The van der Waals surface area contributed by atoms with Gasteiger partial charge in [0.25, 0.3) is 0 Å². The molecule has 0 saturated heterocycles. The summed E-state index contributed by atoms with van der Waals surface area (Å²) in [5.41, 5.74) is 0.408. The molecule has 9 nitrogen and oxygen atoms in total. The zero-order valence-electron chi connectivity index (χ0n) is 17.2. The van der Waals surface area contributed by atoms with Gasteiger partial charge in [-0.15, -0.1) is 0 Å². The molecule has 0 radical (unpaired) electrons. The largest absolute Gasteiger partial charge is 0.468 e. The van der Waals surface area contributed by atoms with Crippen molar-refractivity contribution in [1.82, 2.24) is 5.32 Å². The van der Waals surface area contributed by atoms with Gasteiger partial charge in [-0.25, -0.2) is 9.59 Å². The van der Waals surface area contributed by atoms with E-state index in [1.807, 2.05) is 0 Å². The van der Waals surface area contributed by atoms with Gasteiger partial charge in [-0.2, -0.15) is 0 Å². The number of allylic oxidation sites excluding steroid dienone is 1. The van der Waals surface area contributed by atoms with Crippen LogP contribution in [0, 0.1) is 5.92 Å². The summed E-state index contributed by atoms with van der Waals surface area (Å²) in [6, 6.07) is 0. The lowest BCUT2D eigenvalue weighted by atomic mass is 9.85. The second-order valence-corrected chi connectivity index (χ2v) is 5.63. The zero-order chi connectivity index (χ0) is 21.3. The molecular weight excluding hydrogens is 370 g/mol. The second-order valence-electron chi connectivity index (χ2n) is 5.63. The van der Waals surface area contributed by atoms with Crippen molar-refractivity contribution in [1.29, 1.82) is 0 Å². The van der Waals surface area contributed by atoms with E-state index in [1.54, 1.807) is 34.6 Å². The van der Waals surface area contributed by atoms with Gasteiger partial charge in [0.15, 0.2) is 6.29 Å². The summed E-state index contributed by atoms with van der Waals surface area (Å²) < 4.78 is 26.3. The van der Waals surface area contributed by atoms with Gasteiger partial charge in [-0.3, -0.25) is 4.79 Å². The summed E-state index contributed by atoms with van der Waals surface area (Å²) in [5.74, 6) is -3.63. The van der Waals surface area contributed by atoms with Crippen molar-refractivity contribution < 1.29 is 38.1 Å². The van der Waals surface area contributed by atoms with Crippen LogP contribution in [0.2, 0.25) is 0 Å². The van der Waals surface area contributed by atoms with Crippen LogP contribution in [0.5, 0.6) is 0 Å². The Balaban J connectivity index is 3.66. The maximum Gasteiger partial charge on any atom is 0.337 e. The monoisotopic (exact) mass is 399 g/mol. The molecule has 158 valence electrons. The lowest BCUT2D eigenvalue weighted by Crippen LogP contribution is -2.42. The van der Waals surface area contributed by atoms with Gasteiger partial charge < -0.3 is 29.0 Å². The van der Waals surface area contributed by atoms with Gasteiger partial charge in [-0.1, -0.05) is 0 Å². The van der Waals surface area contributed by atoms with E-state index < -0.39 is 30.1 Å². The van der Waals surface area contributed by atoms with Crippen LogP contribution in [0.1, 0.15) is 34.6 Å². The number of dihydropyridines is 1. The van der Waals surface area contributed by atoms with E-state index in [0.717, 1.165) is 0 Å². The number of nitrogens with one attached hydrogen (secondary N) is 1. The van der Waals surface area contributed by atoms with Crippen LogP contribution >= 0.6 is 0 Å². The smallest absolute Gasteiger partial charge is 0.337 e. The highest BCUT2D eigenvalue weighted by Crippen LogP contribution is 2.34. The van der Waals surface area contributed by atoms with E-state index in [4.69, 9.17) is 23.7 Å². The molecule has 1 aliphatic rings. The first kappa shape index (κ1) is 23.6. The van der Waals surface area contributed by atoms with Crippen LogP contribution in [0.15, 0.2) is 22.5 Å². The molecule has 0 bridgehead atoms. The highest BCUT2D eigenvalue weighted by atomic mass is 16.7. The molecule has 0 saturated carbocycles. The molecule has 0 spiro atoms. The number of methoxy groups -OCH3 is 1. The van der Waals surface area contributed by atoms with E-state index in [0.29, 0.717) is 18.9 Å². The van der Waals surface area contributed by atoms with Crippen molar-refractivity contribution in [3.05, 3.63) is 22.5 Å². The van der Waals surface area contributed by atoms with Crippen LogP contribution in [-0.4, -0.2) is 57.7 Å². The highest BCUT2D eigenvalue weighted by molar-refractivity contribution is 6.05. The minimum Gasteiger partial charge on any atom is -0.468 e. The Morgan fingerprint density at radius 3 is 1.82 bits per heavy atom. The van der Waals surface area contributed by atoms with Crippen LogP contribution in [0.3, 0.4) is 0 Å².